The lowest BCUT2D eigenvalue weighted by atomic mass is 10.2. The summed E-state index contributed by atoms with van der Waals surface area (Å²) in [6.45, 7) is 1.45. The lowest BCUT2D eigenvalue weighted by molar-refractivity contribution is -0.148. The largest absolute Gasteiger partial charge is 0.456 e. The quantitative estimate of drug-likeness (QED) is 0.505. The fourth-order valence-corrected chi connectivity index (χ4v) is 5.59. The Balaban J connectivity index is 1.45. The van der Waals surface area contributed by atoms with Crippen LogP contribution in [-0.2, 0) is 30.6 Å². The molecule has 1 N–H and O–H groups in total. The molecule has 2 heterocycles. The Labute approximate surface area is 196 Å². The van der Waals surface area contributed by atoms with Crippen LogP contribution in [0, 0.1) is 6.92 Å². The molecule has 1 aliphatic rings. The lowest BCUT2D eigenvalue weighted by Crippen LogP contribution is -2.38. The minimum absolute atomic E-state index is 0.0409. The van der Waals surface area contributed by atoms with Crippen molar-refractivity contribution in [2.75, 3.05) is 18.1 Å². The summed E-state index contributed by atoms with van der Waals surface area (Å²) in [5.41, 5.74) is 1.99. The van der Waals surface area contributed by atoms with E-state index in [9.17, 15) is 22.8 Å². The van der Waals surface area contributed by atoms with Gasteiger partial charge in [0.1, 0.15) is 5.82 Å². The molecule has 0 spiro atoms. The van der Waals surface area contributed by atoms with E-state index < -0.39 is 34.4 Å². The maximum Gasteiger partial charge on any atom is 0.306 e. The average molecular weight is 484 g/mol. The third-order valence-electron chi connectivity index (χ3n) is 5.65. The van der Waals surface area contributed by atoms with Crippen LogP contribution >= 0.6 is 0 Å². The first-order valence-electron chi connectivity index (χ1n) is 10.9. The van der Waals surface area contributed by atoms with Crippen LogP contribution in [-0.4, -0.2) is 54.0 Å². The van der Waals surface area contributed by atoms with Gasteiger partial charge in [-0.3, -0.25) is 19.0 Å². The molecule has 1 atom stereocenters. The molecule has 10 heteroatoms. The highest BCUT2D eigenvalue weighted by molar-refractivity contribution is 7.91. The average Bonchev–Trinajstić information content (AvgIpc) is 3.15. The molecule has 0 saturated carbocycles. The highest BCUT2D eigenvalue weighted by atomic mass is 32.2. The van der Waals surface area contributed by atoms with Crippen LogP contribution in [0.1, 0.15) is 24.2 Å². The van der Waals surface area contributed by atoms with Crippen molar-refractivity contribution < 1.29 is 22.7 Å². The van der Waals surface area contributed by atoms with Gasteiger partial charge in [0.25, 0.3) is 11.5 Å². The van der Waals surface area contributed by atoms with Crippen molar-refractivity contribution in [3.63, 3.8) is 0 Å². The molecular formula is C24H25N3O6S. The van der Waals surface area contributed by atoms with E-state index in [-0.39, 0.29) is 29.9 Å². The Bertz CT molecular complexity index is 1400. The van der Waals surface area contributed by atoms with Gasteiger partial charge < -0.3 is 10.1 Å². The van der Waals surface area contributed by atoms with Crippen LogP contribution in [0.4, 0.5) is 0 Å². The molecule has 2 aromatic carbocycles. The van der Waals surface area contributed by atoms with Gasteiger partial charge in [-0.25, -0.2) is 13.4 Å². The number of nitrogens with zero attached hydrogens (tertiary/aromatic N) is 2. The number of esters is 1. The molecule has 1 saturated heterocycles. The van der Waals surface area contributed by atoms with Crippen molar-refractivity contribution >= 4 is 32.6 Å². The number of para-hydroxylation sites is 1. The van der Waals surface area contributed by atoms with Gasteiger partial charge in [-0.2, -0.15) is 0 Å². The summed E-state index contributed by atoms with van der Waals surface area (Å²) in [4.78, 5) is 42.1. The summed E-state index contributed by atoms with van der Waals surface area (Å²) in [6.07, 6.45) is 0.406. The zero-order valence-corrected chi connectivity index (χ0v) is 19.5. The van der Waals surface area contributed by atoms with Crippen molar-refractivity contribution in [2.45, 2.75) is 32.2 Å². The van der Waals surface area contributed by atoms with Crippen molar-refractivity contribution in [3.8, 4) is 5.69 Å². The number of nitrogens with one attached hydrogen (secondary N) is 1. The first kappa shape index (κ1) is 23.6. The molecule has 1 fully saturated rings. The second-order valence-electron chi connectivity index (χ2n) is 8.35. The van der Waals surface area contributed by atoms with Gasteiger partial charge in [-0.15, -0.1) is 0 Å². The first-order valence-corrected chi connectivity index (χ1v) is 12.8. The minimum atomic E-state index is -3.12. The number of benzene rings is 2. The number of ether oxygens (including phenoxy) is 1. The van der Waals surface area contributed by atoms with E-state index in [0.29, 0.717) is 28.8 Å². The summed E-state index contributed by atoms with van der Waals surface area (Å²) in [6, 6.07) is 14.0. The molecule has 0 bridgehead atoms. The van der Waals surface area contributed by atoms with E-state index in [1.54, 1.807) is 24.3 Å². The number of aromatic nitrogens is 2. The van der Waals surface area contributed by atoms with E-state index in [1.807, 2.05) is 31.2 Å². The topological polar surface area (TPSA) is 124 Å². The van der Waals surface area contributed by atoms with Crippen LogP contribution in [0.25, 0.3) is 16.6 Å². The zero-order valence-electron chi connectivity index (χ0n) is 18.7. The number of carbonyl (C=O) groups is 2. The maximum atomic E-state index is 13.2. The lowest BCUT2D eigenvalue weighted by Gasteiger charge is -2.14. The van der Waals surface area contributed by atoms with E-state index >= 15 is 0 Å². The fraction of sp³-hybridized carbons (Fsp3) is 0.333. The van der Waals surface area contributed by atoms with Crippen molar-refractivity contribution in [1.82, 2.24) is 14.9 Å². The molecule has 0 unspecified atom stereocenters. The van der Waals surface area contributed by atoms with Gasteiger partial charge in [0.15, 0.2) is 16.4 Å². The summed E-state index contributed by atoms with van der Waals surface area (Å²) >= 11 is 0. The third-order valence-corrected chi connectivity index (χ3v) is 7.42. The van der Waals surface area contributed by atoms with Gasteiger partial charge in [-0.05, 0) is 37.6 Å². The highest BCUT2D eigenvalue weighted by Crippen LogP contribution is 2.15. The first-order chi connectivity index (χ1) is 16.2. The second-order valence-corrected chi connectivity index (χ2v) is 10.6. The number of hydrogen-bond donors (Lipinski definition) is 1. The van der Waals surface area contributed by atoms with Crippen LogP contribution in [0.5, 0.6) is 0 Å². The molecule has 178 valence electrons. The molecule has 1 amide bonds. The Morgan fingerprint density at radius 1 is 1.15 bits per heavy atom. The van der Waals surface area contributed by atoms with E-state index in [2.05, 4.69) is 10.3 Å². The van der Waals surface area contributed by atoms with E-state index in [4.69, 9.17) is 4.74 Å². The van der Waals surface area contributed by atoms with E-state index in [0.717, 1.165) is 5.56 Å². The second kappa shape index (κ2) is 9.76. The third kappa shape index (κ3) is 5.51. The molecule has 0 aliphatic carbocycles. The summed E-state index contributed by atoms with van der Waals surface area (Å²) in [7, 11) is -3.12. The Kier molecular flexibility index (Phi) is 6.78. The molecule has 4 rings (SSSR count). The fourth-order valence-electron chi connectivity index (χ4n) is 3.92. The highest BCUT2D eigenvalue weighted by Gasteiger charge is 2.29. The zero-order chi connectivity index (χ0) is 24.3. The van der Waals surface area contributed by atoms with Gasteiger partial charge >= 0.3 is 5.97 Å². The predicted molar refractivity (Wildman–Crippen MR) is 127 cm³/mol. The molecule has 1 aliphatic heterocycles. The van der Waals surface area contributed by atoms with E-state index in [1.165, 1.54) is 4.57 Å². The van der Waals surface area contributed by atoms with Crippen molar-refractivity contribution in [1.29, 1.82) is 0 Å². The minimum Gasteiger partial charge on any atom is -0.456 e. The van der Waals surface area contributed by atoms with Crippen molar-refractivity contribution in [3.05, 3.63) is 70.3 Å². The van der Waals surface area contributed by atoms with Crippen LogP contribution in [0.15, 0.2) is 53.3 Å². The normalized spacial score (nSPS) is 16.9. The number of aryl methyl sites for hydroxylation is 2. The number of carbonyl (C=O) groups excluding carboxylic acids is 2. The predicted octanol–water partition coefficient (Wildman–Crippen LogP) is 1.47. The molecule has 34 heavy (non-hydrogen) atoms. The SMILES string of the molecule is Cc1ccc(-n2c(CCC(=O)OCC(=O)N[C@@H]3CCS(=O)(=O)C3)nc3ccccc3c2=O)cc1. The number of amides is 1. The molecule has 9 nitrogen and oxygen atoms in total. The van der Waals surface area contributed by atoms with Crippen LogP contribution < -0.4 is 10.9 Å². The molecule has 0 radical (unpaired) electrons. The van der Waals surface area contributed by atoms with Crippen LogP contribution in [0.2, 0.25) is 0 Å². The summed E-state index contributed by atoms with van der Waals surface area (Å²) < 4.78 is 29.5. The van der Waals surface area contributed by atoms with Gasteiger partial charge in [0.2, 0.25) is 0 Å². The number of sulfone groups is 1. The number of fused-ring (bicyclic) bond motifs is 1. The van der Waals surface area contributed by atoms with Gasteiger partial charge in [-0.1, -0.05) is 29.8 Å². The van der Waals surface area contributed by atoms with Crippen molar-refractivity contribution in [2.24, 2.45) is 0 Å². The van der Waals surface area contributed by atoms with Gasteiger partial charge in [0, 0.05) is 12.5 Å². The Morgan fingerprint density at radius 2 is 1.88 bits per heavy atom. The molecular weight excluding hydrogens is 458 g/mol. The Hall–Kier alpha value is -3.53. The molecule has 1 aromatic heterocycles. The molecule has 3 aromatic rings. The van der Waals surface area contributed by atoms with Gasteiger partial charge in [0.05, 0.1) is 34.5 Å². The summed E-state index contributed by atoms with van der Waals surface area (Å²) in [5, 5.41) is 3.05. The smallest absolute Gasteiger partial charge is 0.306 e. The number of rotatable bonds is 7. The standard InChI is InChI=1S/C24H25N3O6S/c1-16-6-8-18(9-7-16)27-21(26-20-5-3-2-4-19(20)24(27)30)10-11-23(29)33-14-22(28)25-17-12-13-34(31,32)15-17/h2-9,17H,10-15H2,1H3,(H,25,28)/t17-/m1/s1. The monoisotopic (exact) mass is 483 g/mol. The summed E-state index contributed by atoms with van der Waals surface area (Å²) in [5.74, 6) is -0.816. The Morgan fingerprint density at radius 3 is 2.59 bits per heavy atom. The van der Waals surface area contributed by atoms with Crippen LogP contribution in [0.3, 0.4) is 0 Å². The number of hydrogen-bond acceptors (Lipinski definition) is 7. The maximum absolute atomic E-state index is 13.2.